The van der Waals surface area contributed by atoms with Crippen molar-refractivity contribution in [3.63, 3.8) is 0 Å². The van der Waals surface area contributed by atoms with Gasteiger partial charge in [0.2, 0.25) is 5.91 Å². The Morgan fingerprint density at radius 3 is 2.65 bits per heavy atom. The van der Waals surface area contributed by atoms with Gasteiger partial charge in [0.25, 0.3) is 5.91 Å². The molecule has 2 N–H and O–H groups in total. The van der Waals surface area contributed by atoms with Crippen LogP contribution in [0.4, 0.5) is 4.39 Å². The molecule has 2 aromatic rings. The van der Waals surface area contributed by atoms with Gasteiger partial charge in [-0.3, -0.25) is 9.59 Å². The summed E-state index contributed by atoms with van der Waals surface area (Å²) in [6.07, 6.45) is 0.271. The summed E-state index contributed by atoms with van der Waals surface area (Å²) >= 11 is 0. The van der Waals surface area contributed by atoms with Gasteiger partial charge in [-0.2, -0.15) is 0 Å². The molecule has 1 saturated heterocycles. The standard InChI is InChI=1S/C19H25FN4O2/c1-3-23-8-10-24(11-9-23)17(25)6-7-21-19(26)18-13(2)22-16-5-4-14(20)12-15(16)18/h4-5,12,22H,3,6-11H2,1-2H3,(H,21,26). The normalized spacial score (nSPS) is 15.4. The van der Waals surface area contributed by atoms with Crippen LogP contribution in [0.2, 0.25) is 0 Å². The van der Waals surface area contributed by atoms with E-state index in [-0.39, 0.29) is 30.6 Å². The minimum Gasteiger partial charge on any atom is -0.358 e. The van der Waals surface area contributed by atoms with Crippen molar-refractivity contribution in [2.24, 2.45) is 0 Å². The van der Waals surface area contributed by atoms with E-state index in [4.69, 9.17) is 0 Å². The Balaban J connectivity index is 1.56. The van der Waals surface area contributed by atoms with Gasteiger partial charge in [0.05, 0.1) is 5.56 Å². The number of carbonyl (C=O) groups excluding carboxylic acids is 2. The molecule has 0 atom stereocenters. The lowest BCUT2D eigenvalue weighted by atomic mass is 10.1. The number of benzene rings is 1. The number of likely N-dealkylation sites (N-methyl/N-ethyl adjacent to an activating group) is 1. The molecule has 2 heterocycles. The number of halogens is 1. The third-order valence-corrected chi connectivity index (χ3v) is 4.97. The third-order valence-electron chi connectivity index (χ3n) is 4.97. The largest absolute Gasteiger partial charge is 0.358 e. The molecule has 1 fully saturated rings. The number of rotatable bonds is 5. The number of nitrogens with zero attached hydrogens (tertiary/aromatic N) is 2. The van der Waals surface area contributed by atoms with Crippen LogP contribution in [0.15, 0.2) is 18.2 Å². The zero-order chi connectivity index (χ0) is 18.7. The molecule has 1 aromatic heterocycles. The Kier molecular flexibility index (Phi) is 5.56. The average Bonchev–Trinajstić information content (AvgIpc) is 2.96. The van der Waals surface area contributed by atoms with Gasteiger partial charge in [-0.15, -0.1) is 0 Å². The van der Waals surface area contributed by atoms with Crippen LogP contribution in [0, 0.1) is 12.7 Å². The zero-order valence-electron chi connectivity index (χ0n) is 15.3. The summed E-state index contributed by atoms with van der Waals surface area (Å²) in [6.45, 7) is 8.44. The highest BCUT2D eigenvalue weighted by Crippen LogP contribution is 2.23. The van der Waals surface area contributed by atoms with Crippen LogP contribution in [0.5, 0.6) is 0 Å². The van der Waals surface area contributed by atoms with E-state index in [1.165, 1.54) is 12.1 Å². The first kappa shape index (κ1) is 18.4. The van der Waals surface area contributed by atoms with Gasteiger partial charge in [0, 0.05) is 55.7 Å². The van der Waals surface area contributed by atoms with E-state index in [2.05, 4.69) is 22.1 Å². The Hall–Kier alpha value is -2.41. The number of H-pyrrole nitrogens is 1. The van der Waals surface area contributed by atoms with Gasteiger partial charge in [-0.25, -0.2) is 4.39 Å². The van der Waals surface area contributed by atoms with E-state index in [9.17, 15) is 14.0 Å². The van der Waals surface area contributed by atoms with E-state index >= 15 is 0 Å². The number of aryl methyl sites for hydroxylation is 1. The molecule has 0 aliphatic carbocycles. The fourth-order valence-corrected chi connectivity index (χ4v) is 3.43. The van der Waals surface area contributed by atoms with Crippen molar-refractivity contribution in [2.45, 2.75) is 20.3 Å². The summed E-state index contributed by atoms with van der Waals surface area (Å²) in [5, 5.41) is 3.35. The number of fused-ring (bicyclic) bond motifs is 1. The van der Waals surface area contributed by atoms with Crippen LogP contribution in [0.25, 0.3) is 10.9 Å². The zero-order valence-corrected chi connectivity index (χ0v) is 15.3. The highest BCUT2D eigenvalue weighted by Gasteiger charge is 2.21. The number of hydrogen-bond donors (Lipinski definition) is 2. The Bertz CT molecular complexity index is 809. The number of hydrogen-bond acceptors (Lipinski definition) is 3. The van der Waals surface area contributed by atoms with Gasteiger partial charge < -0.3 is 20.1 Å². The molecular formula is C19H25FN4O2. The maximum Gasteiger partial charge on any atom is 0.253 e. The number of piperazine rings is 1. The molecular weight excluding hydrogens is 335 g/mol. The number of nitrogens with one attached hydrogen (secondary N) is 2. The molecule has 2 amide bonds. The minimum absolute atomic E-state index is 0.0581. The van der Waals surface area contributed by atoms with Crippen LogP contribution in [-0.2, 0) is 4.79 Å². The molecule has 1 aromatic carbocycles. The van der Waals surface area contributed by atoms with Crippen LogP contribution in [0.1, 0.15) is 29.4 Å². The Labute approximate surface area is 152 Å². The maximum atomic E-state index is 13.5. The van der Waals surface area contributed by atoms with E-state index in [1.54, 1.807) is 13.0 Å². The van der Waals surface area contributed by atoms with Gasteiger partial charge in [-0.05, 0) is 31.7 Å². The molecule has 6 nitrogen and oxygen atoms in total. The maximum absolute atomic E-state index is 13.5. The number of carbonyl (C=O) groups is 2. The molecule has 3 rings (SSSR count). The first-order valence-corrected chi connectivity index (χ1v) is 9.05. The summed E-state index contributed by atoms with van der Waals surface area (Å²) in [7, 11) is 0. The lowest BCUT2D eigenvalue weighted by molar-refractivity contribution is -0.132. The molecule has 0 unspecified atom stereocenters. The van der Waals surface area contributed by atoms with E-state index in [0.29, 0.717) is 16.6 Å². The van der Waals surface area contributed by atoms with E-state index in [0.717, 1.165) is 38.2 Å². The van der Waals surface area contributed by atoms with Crippen LogP contribution >= 0.6 is 0 Å². The molecule has 0 saturated carbocycles. The van der Waals surface area contributed by atoms with Crippen LogP contribution in [0.3, 0.4) is 0 Å². The average molecular weight is 360 g/mol. The molecule has 7 heteroatoms. The second-order valence-electron chi connectivity index (χ2n) is 6.64. The quantitative estimate of drug-likeness (QED) is 0.856. The fraction of sp³-hybridized carbons (Fsp3) is 0.474. The second kappa shape index (κ2) is 7.86. The predicted molar refractivity (Wildman–Crippen MR) is 98.6 cm³/mol. The van der Waals surface area contributed by atoms with Crippen molar-refractivity contribution in [1.82, 2.24) is 20.1 Å². The number of aromatic nitrogens is 1. The number of amides is 2. The van der Waals surface area contributed by atoms with E-state index < -0.39 is 0 Å². The van der Waals surface area contributed by atoms with Gasteiger partial charge in [0.1, 0.15) is 5.82 Å². The van der Waals surface area contributed by atoms with Gasteiger partial charge in [-0.1, -0.05) is 6.92 Å². The molecule has 0 radical (unpaired) electrons. The third kappa shape index (κ3) is 3.88. The molecule has 0 spiro atoms. The fourth-order valence-electron chi connectivity index (χ4n) is 3.43. The highest BCUT2D eigenvalue weighted by atomic mass is 19.1. The molecule has 1 aliphatic rings. The first-order chi connectivity index (χ1) is 12.5. The summed E-state index contributed by atoms with van der Waals surface area (Å²) in [5.74, 6) is -0.613. The SMILES string of the molecule is CCN1CCN(C(=O)CCNC(=O)c2c(C)[nH]c3ccc(F)cc23)CC1. The molecule has 1 aliphatic heterocycles. The smallest absolute Gasteiger partial charge is 0.253 e. The second-order valence-corrected chi connectivity index (χ2v) is 6.64. The van der Waals surface area contributed by atoms with Crippen molar-refractivity contribution in [3.05, 3.63) is 35.3 Å². The van der Waals surface area contributed by atoms with Crippen molar-refractivity contribution < 1.29 is 14.0 Å². The summed E-state index contributed by atoms with van der Waals surface area (Å²) in [6, 6.07) is 4.33. The molecule has 0 bridgehead atoms. The van der Waals surface area contributed by atoms with Crippen molar-refractivity contribution in [2.75, 3.05) is 39.3 Å². The predicted octanol–water partition coefficient (Wildman–Crippen LogP) is 1.90. The van der Waals surface area contributed by atoms with Crippen LogP contribution < -0.4 is 5.32 Å². The van der Waals surface area contributed by atoms with Crippen LogP contribution in [-0.4, -0.2) is 65.9 Å². The monoisotopic (exact) mass is 360 g/mol. The Morgan fingerprint density at radius 2 is 1.96 bits per heavy atom. The highest BCUT2D eigenvalue weighted by molar-refractivity contribution is 6.08. The first-order valence-electron chi connectivity index (χ1n) is 9.05. The van der Waals surface area contributed by atoms with Crippen molar-refractivity contribution in [1.29, 1.82) is 0 Å². The molecule has 140 valence electrons. The van der Waals surface area contributed by atoms with Crippen molar-refractivity contribution in [3.8, 4) is 0 Å². The Morgan fingerprint density at radius 1 is 1.23 bits per heavy atom. The lowest BCUT2D eigenvalue weighted by Crippen LogP contribution is -2.49. The molecule has 26 heavy (non-hydrogen) atoms. The van der Waals surface area contributed by atoms with Crippen molar-refractivity contribution >= 4 is 22.7 Å². The van der Waals surface area contributed by atoms with E-state index in [1.807, 2.05) is 4.90 Å². The summed E-state index contributed by atoms with van der Waals surface area (Å²) < 4.78 is 13.5. The lowest BCUT2D eigenvalue weighted by Gasteiger charge is -2.34. The summed E-state index contributed by atoms with van der Waals surface area (Å²) in [5.41, 5.74) is 1.84. The van der Waals surface area contributed by atoms with Gasteiger partial charge >= 0.3 is 0 Å². The number of aromatic amines is 1. The topological polar surface area (TPSA) is 68.4 Å². The summed E-state index contributed by atoms with van der Waals surface area (Å²) in [4.78, 5) is 32.0. The van der Waals surface area contributed by atoms with Gasteiger partial charge in [0.15, 0.2) is 0 Å². The minimum atomic E-state index is -0.382.